The first kappa shape index (κ1) is 21.8. The maximum Gasteiger partial charge on any atom is 0.303 e. The third-order valence-corrected chi connectivity index (χ3v) is 3.55. The van der Waals surface area contributed by atoms with Crippen molar-refractivity contribution in [2.75, 3.05) is 6.61 Å². The monoisotopic (exact) mass is 328 g/mol. The second-order valence-electron chi connectivity index (χ2n) is 5.66. The molecule has 0 unspecified atom stereocenters. The van der Waals surface area contributed by atoms with Gasteiger partial charge in [0, 0.05) is 6.42 Å². The normalized spacial score (nSPS) is 11.7. The zero-order valence-corrected chi connectivity index (χ0v) is 14.1. The van der Waals surface area contributed by atoms with E-state index in [4.69, 9.17) is 10.4 Å². The van der Waals surface area contributed by atoms with Crippen molar-refractivity contribution in [3.63, 3.8) is 0 Å². The number of unbranched alkanes of at least 4 members (excludes halogenated alkanes) is 9. The van der Waals surface area contributed by atoms with Crippen molar-refractivity contribution in [3.8, 4) is 0 Å². The molecule has 0 aliphatic carbocycles. The van der Waals surface area contributed by atoms with Crippen LogP contribution >= 0.6 is 0 Å². The van der Waals surface area contributed by atoms with Crippen LogP contribution in [0.2, 0.25) is 0 Å². The van der Waals surface area contributed by atoms with Gasteiger partial charge in [0.15, 0.2) is 0 Å². The molecule has 0 heterocycles. The molecule has 5 nitrogen and oxygen atoms in total. The number of carboxylic acids is 1. The third kappa shape index (κ3) is 20.8. The van der Waals surface area contributed by atoms with E-state index in [1.165, 1.54) is 19.3 Å². The van der Waals surface area contributed by atoms with E-state index in [0.29, 0.717) is 13.0 Å². The molecule has 0 aliphatic heterocycles. The fourth-order valence-corrected chi connectivity index (χ4v) is 2.23. The van der Waals surface area contributed by atoms with E-state index in [1.807, 2.05) is 0 Å². The molecule has 0 fully saturated rings. The van der Waals surface area contributed by atoms with Crippen LogP contribution in [0.15, 0.2) is 24.3 Å². The summed E-state index contributed by atoms with van der Waals surface area (Å²) in [6.45, 7) is 0.430. The number of hydrogen-bond acceptors (Lipinski definition) is 4. The van der Waals surface area contributed by atoms with E-state index < -0.39 is 5.97 Å². The molecule has 0 aliphatic rings. The van der Waals surface area contributed by atoms with Crippen LogP contribution in [-0.4, -0.2) is 22.9 Å². The lowest BCUT2D eigenvalue weighted by atomic mass is 10.1. The van der Waals surface area contributed by atoms with E-state index in [1.54, 1.807) is 0 Å². The van der Waals surface area contributed by atoms with E-state index in [0.717, 1.165) is 51.4 Å². The predicted octanol–water partition coefficient (Wildman–Crippen LogP) is 5.29. The van der Waals surface area contributed by atoms with Crippen LogP contribution in [0.4, 0.5) is 0 Å². The van der Waals surface area contributed by atoms with E-state index in [2.05, 4.69) is 34.2 Å². The van der Waals surface area contributed by atoms with Crippen molar-refractivity contribution in [1.29, 1.82) is 0 Å². The van der Waals surface area contributed by atoms with Gasteiger partial charge in [0.2, 0.25) is 0 Å². The molecule has 134 valence electrons. The molecule has 0 amide bonds. The summed E-state index contributed by atoms with van der Waals surface area (Å²) in [7, 11) is 0. The molecule has 5 heteroatoms. The van der Waals surface area contributed by atoms with Crippen LogP contribution in [-0.2, 0) is 14.7 Å². The summed E-state index contributed by atoms with van der Waals surface area (Å²) in [5.41, 5.74) is 0. The Balaban J connectivity index is 3.18. The highest BCUT2D eigenvalue weighted by Gasteiger charge is 1.96. The van der Waals surface area contributed by atoms with Crippen LogP contribution < -0.4 is 0 Å². The molecule has 23 heavy (non-hydrogen) atoms. The minimum Gasteiger partial charge on any atom is -0.481 e. The molecule has 0 aromatic heterocycles. The second kappa shape index (κ2) is 18.9. The van der Waals surface area contributed by atoms with Gasteiger partial charge in [-0.15, -0.1) is 0 Å². The average Bonchev–Trinajstić information content (AvgIpc) is 2.53. The molecular formula is C18H32O5. The Labute approximate surface area is 139 Å². The van der Waals surface area contributed by atoms with Gasteiger partial charge in [-0.05, 0) is 38.5 Å². The number of hydrogen-bond donors (Lipinski definition) is 2. The Morgan fingerprint density at radius 3 is 1.87 bits per heavy atom. The summed E-state index contributed by atoms with van der Waals surface area (Å²) in [6.07, 6.45) is 20.7. The summed E-state index contributed by atoms with van der Waals surface area (Å²) in [5.74, 6) is -0.687. The van der Waals surface area contributed by atoms with Gasteiger partial charge in [-0.2, -0.15) is 0 Å². The first-order chi connectivity index (χ1) is 11.3. The maximum absolute atomic E-state index is 10.3. The van der Waals surface area contributed by atoms with Crippen molar-refractivity contribution >= 4 is 5.97 Å². The number of carbonyl (C=O) groups is 1. The lowest BCUT2D eigenvalue weighted by Gasteiger charge is -1.99. The van der Waals surface area contributed by atoms with Gasteiger partial charge < -0.3 is 5.11 Å². The number of allylic oxidation sites excluding steroid dienone is 4. The van der Waals surface area contributed by atoms with Gasteiger partial charge in [0.1, 0.15) is 0 Å². The first-order valence-corrected chi connectivity index (χ1v) is 8.74. The van der Waals surface area contributed by atoms with E-state index in [-0.39, 0.29) is 0 Å². The highest BCUT2D eigenvalue weighted by molar-refractivity contribution is 5.66. The summed E-state index contributed by atoms with van der Waals surface area (Å²) in [5, 5.41) is 20.0. The Morgan fingerprint density at radius 1 is 0.783 bits per heavy atom. The van der Waals surface area contributed by atoms with Crippen molar-refractivity contribution in [1.82, 2.24) is 0 Å². The molecule has 2 N–H and O–H groups in total. The average molecular weight is 328 g/mol. The largest absolute Gasteiger partial charge is 0.481 e. The van der Waals surface area contributed by atoms with Crippen LogP contribution in [0.3, 0.4) is 0 Å². The first-order valence-electron chi connectivity index (χ1n) is 8.74. The van der Waals surface area contributed by atoms with Crippen molar-refractivity contribution in [3.05, 3.63) is 24.3 Å². The SMILES string of the molecule is O=C(O)CCCCCCCCC=CC=CCCCCCOOO. The topological polar surface area (TPSA) is 76.0 Å². The number of carboxylic acid groups (broad SMARTS) is 1. The Kier molecular flexibility index (Phi) is 17.9. The van der Waals surface area contributed by atoms with Gasteiger partial charge in [-0.3, -0.25) is 4.79 Å². The smallest absolute Gasteiger partial charge is 0.303 e. The third-order valence-electron chi connectivity index (χ3n) is 3.55. The summed E-state index contributed by atoms with van der Waals surface area (Å²) in [6, 6.07) is 0. The fourth-order valence-electron chi connectivity index (χ4n) is 2.23. The van der Waals surface area contributed by atoms with Gasteiger partial charge in [-0.1, -0.05) is 61.4 Å². The summed E-state index contributed by atoms with van der Waals surface area (Å²) in [4.78, 5) is 14.7. The van der Waals surface area contributed by atoms with Crippen LogP contribution in [0.5, 0.6) is 0 Å². The van der Waals surface area contributed by atoms with Crippen molar-refractivity contribution < 1.29 is 25.1 Å². The van der Waals surface area contributed by atoms with E-state index >= 15 is 0 Å². The van der Waals surface area contributed by atoms with Gasteiger partial charge >= 0.3 is 5.97 Å². The van der Waals surface area contributed by atoms with Gasteiger partial charge in [0.05, 0.1) is 6.61 Å². The van der Waals surface area contributed by atoms with Gasteiger partial charge in [-0.25, -0.2) is 10.1 Å². The summed E-state index contributed by atoms with van der Waals surface area (Å²) >= 11 is 0. The molecule has 0 bridgehead atoms. The molecule has 0 aromatic rings. The number of rotatable bonds is 17. The van der Waals surface area contributed by atoms with Crippen LogP contribution in [0, 0.1) is 0 Å². The number of aliphatic carboxylic acids is 1. The molecule has 0 atom stereocenters. The summed E-state index contributed by atoms with van der Waals surface area (Å²) < 4.78 is 0. The molecule has 0 aromatic carbocycles. The van der Waals surface area contributed by atoms with Crippen molar-refractivity contribution in [2.24, 2.45) is 0 Å². The highest BCUT2D eigenvalue weighted by atomic mass is 17.5. The second-order valence-corrected chi connectivity index (χ2v) is 5.66. The molecule has 0 saturated carbocycles. The zero-order valence-electron chi connectivity index (χ0n) is 14.1. The van der Waals surface area contributed by atoms with Crippen LogP contribution in [0.25, 0.3) is 0 Å². The minimum atomic E-state index is -0.687. The lowest BCUT2D eigenvalue weighted by molar-refractivity contribution is -0.490. The van der Waals surface area contributed by atoms with Crippen molar-refractivity contribution in [2.45, 2.75) is 77.0 Å². The lowest BCUT2D eigenvalue weighted by Crippen LogP contribution is -1.93. The van der Waals surface area contributed by atoms with E-state index in [9.17, 15) is 4.79 Å². The Bertz CT molecular complexity index is 313. The Hall–Kier alpha value is -1.17. The minimum absolute atomic E-state index is 0.305. The zero-order chi connectivity index (χ0) is 17.0. The molecule has 0 spiro atoms. The highest BCUT2D eigenvalue weighted by Crippen LogP contribution is 2.09. The van der Waals surface area contributed by atoms with Gasteiger partial charge in [0.25, 0.3) is 0 Å². The van der Waals surface area contributed by atoms with Crippen LogP contribution in [0.1, 0.15) is 77.0 Å². The maximum atomic E-state index is 10.3. The predicted molar refractivity (Wildman–Crippen MR) is 91.0 cm³/mol. The molecule has 0 radical (unpaired) electrons. The fraction of sp³-hybridized carbons (Fsp3) is 0.722. The standard InChI is InChI=1S/C18H32O5/c19-18(20)16-14-12-10-8-6-4-2-1-3-5-7-9-11-13-15-17-22-23-21/h1,3,5,7,21H,2,4,6,8-17H2,(H,19,20). The molecular weight excluding hydrogens is 296 g/mol. The molecule has 0 rings (SSSR count). The Morgan fingerprint density at radius 2 is 1.30 bits per heavy atom. The molecule has 0 saturated heterocycles. The quantitative estimate of drug-likeness (QED) is 0.164.